The molecule has 0 amide bonds. The van der Waals surface area contributed by atoms with Crippen LogP contribution < -0.4 is 10.5 Å². The number of nitrogens with zero attached hydrogens (tertiary/aromatic N) is 1. The van der Waals surface area contributed by atoms with E-state index < -0.39 is 0 Å². The first-order valence-electron chi connectivity index (χ1n) is 5.59. The topological polar surface area (TPSA) is 48.1 Å². The van der Waals surface area contributed by atoms with Crippen molar-refractivity contribution in [3.05, 3.63) is 24.3 Å². The summed E-state index contributed by atoms with van der Waals surface area (Å²) in [6, 6.07) is 8.41. The summed E-state index contributed by atoms with van der Waals surface area (Å²) in [6.45, 7) is 0. The number of hydrogen-bond acceptors (Lipinski definition) is 4. The number of thiazole rings is 1. The van der Waals surface area contributed by atoms with Gasteiger partial charge in [0.2, 0.25) is 0 Å². The number of para-hydroxylation sites is 1. The van der Waals surface area contributed by atoms with Gasteiger partial charge in [0.15, 0.2) is 0 Å². The minimum absolute atomic E-state index is 0.260. The molecule has 2 aromatic rings. The van der Waals surface area contributed by atoms with Crippen LogP contribution in [0, 0.1) is 0 Å². The molecule has 3 nitrogen and oxygen atoms in total. The van der Waals surface area contributed by atoms with Crippen LogP contribution in [0.2, 0.25) is 0 Å². The maximum Gasteiger partial charge on any atom is 0.274 e. The Morgan fingerprint density at radius 2 is 2.19 bits per heavy atom. The molecule has 2 N–H and O–H groups in total. The van der Waals surface area contributed by atoms with Gasteiger partial charge in [-0.2, -0.15) is 0 Å². The molecule has 4 heteroatoms. The molecule has 16 heavy (non-hydrogen) atoms. The number of ether oxygens (including phenoxy) is 1. The third-order valence-corrected chi connectivity index (χ3v) is 3.89. The normalized spacial score (nSPS) is 25.1. The Balaban J connectivity index is 1.79. The van der Waals surface area contributed by atoms with Gasteiger partial charge >= 0.3 is 0 Å². The number of benzene rings is 1. The maximum atomic E-state index is 5.86. The van der Waals surface area contributed by atoms with Crippen LogP contribution in [-0.4, -0.2) is 17.1 Å². The molecule has 1 saturated carbocycles. The third-order valence-electron chi connectivity index (χ3n) is 2.97. The van der Waals surface area contributed by atoms with Crippen molar-refractivity contribution in [2.24, 2.45) is 5.73 Å². The average molecular weight is 234 g/mol. The van der Waals surface area contributed by atoms with Crippen molar-refractivity contribution in [1.82, 2.24) is 4.98 Å². The van der Waals surface area contributed by atoms with E-state index >= 15 is 0 Å². The first-order chi connectivity index (χ1) is 7.81. The SMILES string of the molecule is NC1CCC(Oc2nc3ccccc3s2)C1. The molecule has 0 radical (unpaired) electrons. The minimum Gasteiger partial charge on any atom is -0.467 e. The highest BCUT2D eigenvalue weighted by molar-refractivity contribution is 7.20. The molecule has 1 fully saturated rings. The highest BCUT2D eigenvalue weighted by atomic mass is 32.1. The molecule has 1 aliphatic carbocycles. The van der Waals surface area contributed by atoms with E-state index in [-0.39, 0.29) is 6.10 Å². The van der Waals surface area contributed by atoms with Crippen LogP contribution in [0.25, 0.3) is 10.2 Å². The van der Waals surface area contributed by atoms with E-state index in [0.29, 0.717) is 6.04 Å². The lowest BCUT2D eigenvalue weighted by molar-refractivity contribution is 0.208. The van der Waals surface area contributed by atoms with Crippen LogP contribution in [0.15, 0.2) is 24.3 Å². The van der Waals surface area contributed by atoms with E-state index in [9.17, 15) is 0 Å². The Labute approximate surface area is 98.2 Å². The summed E-state index contributed by atoms with van der Waals surface area (Å²) in [5, 5.41) is 0.778. The Morgan fingerprint density at radius 3 is 2.94 bits per heavy atom. The van der Waals surface area contributed by atoms with Crippen LogP contribution in [0.4, 0.5) is 0 Å². The second-order valence-electron chi connectivity index (χ2n) is 4.26. The summed E-state index contributed by atoms with van der Waals surface area (Å²) >= 11 is 1.61. The van der Waals surface area contributed by atoms with Gasteiger partial charge < -0.3 is 10.5 Å². The molecular weight excluding hydrogens is 220 g/mol. The van der Waals surface area contributed by atoms with Gasteiger partial charge in [-0.25, -0.2) is 4.98 Å². The van der Waals surface area contributed by atoms with Crippen LogP contribution in [0.3, 0.4) is 0 Å². The second-order valence-corrected chi connectivity index (χ2v) is 5.25. The van der Waals surface area contributed by atoms with Gasteiger partial charge in [-0.3, -0.25) is 0 Å². The summed E-state index contributed by atoms with van der Waals surface area (Å²) in [5.74, 6) is 0. The largest absolute Gasteiger partial charge is 0.467 e. The zero-order valence-corrected chi connectivity index (χ0v) is 9.74. The lowest BCUT2D eigenvalue weighted by Crippen LogP contribution is -2.18. The van der Waals surface area contributed by atoms with Gasteiger partial charge in [0, 0.05) is 6.04 Å². The van der Waals surface area contributed by atoms with Gasteiger partial charge in [-0.15, -0.1) is 0 Å². The summed E-state index contributed by atoms with van der Waals surface area (Å²) in [6.07, 6.45) is 3.33. The first-order valence-corrected chi connectivity index (χ1v) is 6.41. The van der Waals surface area contributed by atoms with E-state index in [4.69, 9.17) is 10.5 Å². The standard InChI is InChI=1S/C12H14N2OS/c13-8-5-6-9(7-8)15-12-14-10-3-1-2-4-11(10)16-12/h1-4,8-9H,5-7,13H2. The summed E-state index contributed by atoms with van der Waals surface area (Å²) in [4.78, 5) is 4.46. The summed E-state index contributed by atoms with van der Waals surface area (Å²) in [7, 11) is 0. The third kappa shape index (κ3) is 1.90. The molecule has 1 aliphatic rings. The number of hydrogen-bond donors (Lipinski definition) is 1. The molecule has 0 saturated heterocycles. The van der Waals surface area contributed by atoms with E-state index in [1.54, 1.807) is 11.3 Å². The molecule has 1 aromatic heterocycles. The van der Waals surface area contributed by atoms with E-state index in [2.05, 4.69) is 11.1 Å². The highest BCUT2D eigenvalue weighted by Crippen LogP contribution is 2.30. The van der Waals surface area contributed by atoms with Crippen molar-refractivity contribution < 1.29 is 4.74 Å². The zero-order valence-electron chi connectivity index (χ0n) is 8.93. The molecule has 0 aliphatic heterocycles. The predicted molar refractivity (Wildman–Crippen MR) is 65.9 cm³/mol. The lowest BCUT2D eigenvalue weighted by Gasteiger charge is -2.09. The fourth-order valence-electron chi connectivity index (χ4n) is 2.12. The first kappa shape index (κ1) is 10.1. The lowest BCUT2D eigenvalue weighted by atomic mass is 10.3. The van der Waals surface area contributed by atoms with Gasteiger partial charge in [0.25, 0.3) is 5.19 Å². The molecule has 0 spiro atoms. The maximum absolute atomic E-state index is 5.86. The van der Waals surface area contributed by atoms with Crippen LogP contribution in [-0.2, 0) is 0 Å². The summed E-state index contributed by atoms with van der Waals surface area (Å²) < 4.78 is 7.04. The number of fused-ring (bicyclic) bond motifs is 1. The number of nitrogens with two attached hydrogens (primary N) is 1. The van der Waals surface area contributed by atoms with Crippen LogP contribution >= 0.6 is 11.3 Å². The molecule has 2 atom stereocenters. The Morgan fingerprint density at radius 1 is 1.31 bits per heavy atom. The highest BCUT2D eigenvalue weighted by Gasteiger charge is 2.24. The zero-order chi connectivity index (χ0) is 11.0. The fourth-order valence-corrected chi connectivity index (χ4v) is 3.01. The molecular formula is C12H14N2OS. The molecule has 3 rings (SSSR count). The van der Waals surface area contributed by atoms with Crippen molar-refractivity contribution in [2.45, 2.75) is 31.4 Å². The van der Waals surface area contributed by atoms with E-state index in [1.807, 2.05) is 18.2 Å². The predicted octanol–water partition coefficient (Wildman–Crippen LogP) is 2.55. The van der Waals surface area contributed by atoms with Gasteiger partial charge in [-0.05, 0) is 31.4 Å². The molecule has 2 unspecified atom stereocenters. The van der Waals surface area contributed by atoms with Crippen LogP contribution in [0.5, 0.6) is 5.19 Å². The van der Waals surface area contributed by atoms with Crippen molar-refractivity contribution >= 4 is 21.6 Å². The number of aromatic nitrogens is 1. The van der Waals surface area contributed by atoms with Gasteiger partial charge in [0.1, 0.15) is 6.10 Å². The molecule has 1 aromatic carbocycles. The fraction of sp³-hybridized carbons (Fsp3) is 0.417. The Hall–Kier alpha value is -1.13. The Kier molecular flexibility index (Phi) is 2.53. The van der Waals surface area contributed by atoms with Crippen molar-refractivity contribution in [3.63, 3.8) is 0 Å². The minimum atomic E-state index is 0.260. The van der Waals surface area contributed by atoms with Crippen molar-refractivity contribution in [3.8, 4) is 5.19 Å². The quantitative estimate of drug-likeness (QED) is 0.868. The smallest absolute Gasteiger partial charge is 0.274 e. The second kappa shape index (κ2) is 4.03. The van der Waals surface area contributed by atoms with Gasteiger partial charge in [0.05, 0.1) is 10.2 Å². The van der Waals surface area contributed by atoms with Crippen LogP contribution in [0.1, 0.15) is 19.3 Å². The molecule has 84 valence electrons. The molecule has 1 heterocycles. The Bertz CT molecular complexity index is 463. The monoisotopic (exact) mass is 234 g/mol. The van der Waals surface area contributed by atoms with Crippen molar-refractivity contribution in [1.29, 1.82) is 0 Å². The van der Waals surface area contributed by atoms with E-state index in [0.717, 1.165) is 30.0 Å². The molecule has 0 bridgehead atoms. The van der Waals surface area contributed by atoms with Crippen molar-refractivity contribution in [2.75, 3.05) is 0 Å². The number of rotatable bonds is 2. The van der Waals surface area contributed by atoms with E-state index in [1.165, 1.54) is 4.70 Å². The van der Waals surface area contributed by atoms with Gasteiger partial charge in [-0.1, -0.05) is 23.5 Å². The average Bonchev–Trinajstić information content (AvgIpc) is 2.84. The summed E-state index contributed by atoms with van der Waals surface area (Å²) in [5.41, 5.74) is 6.88.